The molecule has 16 heavy (non-hydrogen) atoms. The Morgan fingerprint density at radius 1 is 1.25 bits per heavy atom. The van der Waals surface area contributed by atoms with E-state index in [-0.39, 0.29) is 6.10 Å². The van der Waals surface area contributed by atoms with Crippen LogP contribution in [0.1, 0.15) is 6.92 Å². The molecule has 2 saturated heterocycles. The lowest BCUT2D eigenvalue weighted by Gasteiger charge is -2.05. The van der Waals surface area contributed by atoms with E-state index >= 15 is 0 Å². The SMILES string of the molecule is C/C=C\C(=C/COCC1CO1)OCC1CO1. The summed E-state index contributed by atoms with van der Waals surface area (Å²) < 4.78 is 21.1. The van der Waals surface area contributed by atoms with Crippen LogP contribution in [0.15, 0.2) is 24.0 Å². The van der Waals surface area contributed by atoms with Gasteiger partial charge in [0.15, 0.2) is 0 Å². The van der Waals surface area contributed by atoms with Gasteiger partial charge in [0, 0.05) is 0 Å². The van der Waals surface area contributed by atoms with E-state index in [0.717, 1.165) is 19.0 Å². The van der Waals surface area contributed by atoms with E-state index in [1.807, 2.05) is 25.2 Å². The summed E-state index contributed by atoms with van der Waals surface area (Å²) in [5.74, 6) is 0.842. The Kier molecular flexibility index (Phi) is 4.39. The minimum atomic E-state index is 0.287. The van der Waals surface area contributed by atoms with Crippen molar-refractivity contribution in [3.63, 3.8) is 0 Å². The van der Waals surface area contributed by atoms with E-state index in [9.17, 15) is 0 Å². The predicted octanol–water partition coefficient (Wildman–Crippen LogP) is 1.28. The summed E-state index contributed by atoms with van der Waals surface area (Å²) in [6.07, 6.45) is 6.42. The fraction of sp³-hybridized carbons (Fsp3) is 0.667. The Morgan fingerprint density at radius 3 is 2.56 bits per heavy atom. The van der Waals surface area contributed by atoms with Gasteiger partial charge in [0.1, 0.15) is 24.6 Å². The standard InChI is InChI=1S/C12H18O4/c1-2-3-10(14-8-12-9-16-12)4-5-13-6-11-7-15-11/h2-4,11-12H,5-9H2,1H3/b3-2-,10-4+. The number of ether oxygens (including phenoxy) is 4. The normalized spacial score (nSPS) is 28.4. The first-order chi connectivity index (χ1) is 7.88. The Balaban J connectivity index is 1.63. The van der Waals surface area contributed by atoms with E-state index in [4.69, 9.17) is 18.9 Å². The van der Waals surface area contributed by atoms with Crippen molar-refractivity contribution in [2.75, 3.05) is 33.0 Å². The molecule has 0 aliphatic carbocycles. The summed E-state index contributed by atoms with van der Waals surface area (Å²) in [4.78, 5) is 0. The van der Waals surface area contributed by atoms with Gasteiger partial charge in [-0.25, -0.2) is 0 Å². The van der Waals surface area contributed by atoms with Gasteiger partial charge in [0.05, 0.1) is 26.4 Å². The second-order valence-corrected chi connectivity index (χ2v) is 3.87. The fourth-order valence-electron chi connectivity index (χ4n) is 1.20. The molecule has 0 aromatic carbocycles. The van der Waals surface area contributed by atoms with Crippen LogP contribution in [0, 0.1) is 0 Å². The van der Waals surface area contributed by atoms with E-state index in [1.165, 1.54) is 0 Å². The van der Waals surface area contributed by atoms with Crippen LogP contribution in [0.4, 0.5) is 0 Å². The van der Waals surface area contributed by atoms with Gasteiger partial charge in [0.25, 0.3) is 0 Å². The Hall–Kier alpha value is -0.840. The number of hydrogen-bond donors (Lipinski definition) is 0. The maximum absolute atomic E-state index is 5.57. The third-order valence-electron chi connectivity index (χ3n) is 2.28. The lowest BCUT2D eigenvalue weighted by molar-refractivity contribution is 0.135. The van der Waals surface area contributed by atoms with Crippen LogP contribution < -0.4 is 0 Å². The van der Waals surface area contributed by atoms with Crippen molar-refractivity contribution in [3.8, 4) is 0 Å². The van der Waals surface area contributed by atoms with Crippen molar-refractivity contribution in [2.45, 2.75) is 19.1 Å². The molecule has 2 unspecified atom stereocenters. The zero-order valence-electron chi connectivity index (χ0n) is 9.56. The lowest BCUT2D eigenvalue weighted by Crippen LogP contribution is -2.04. The molecule has 0 aromatic rings. The monoisotopic (exact) mass is 226 g/mol. The maximum Gasteiger partial charge on any atom is 0.117 e. The number of hydrogen-bond acceptors (Lipinski definition) is 4. The Morgan fingerprint density at radius 2 is 1.94 bits per heavy atom. The van der Waals surface area contributed by atoms with Gasteiger partial charge in [-0.1, -0.05) is 6.08 Å². The van der Waals surface area contributed by atoms with Gasteiger partial charge in [-0.2, -0.15) is 0 Å². The lowest BCUT2D eigenvalue weighted by atomic mass is 10.4. The van der Waals surface area contributed by atoms with Crippen molar-refractivity contribution in [1.29, 1.82) is 0 Å². The minimum absolute atomic E-state index is 0.287. The van der Waals surface area contributed by atoms with Gasteiger partial charge in [-0.15, -0.1) is 0 Å². The molecule has 0 amide bonds. The summed E-state index contributed by atoms with van der Waals surface area (Å²) in [7, 11) is 0. The number of rotatable bonds is 8. The summed E-state index contributed by atoms with van der Waals surface area (Å²) in [6.45, 7) is 5.47. The number of allylic oxidation sites excluding steroid dienone is 2. The van der Waals surface area contributed by atoms with Gasteiger partial charge in [0.2, 0.25) is 0 Å². The third kappa shape index (κ3) is 4.79. The Labute approximate surface area is 95.8 Å². The van der Waals surface area contributed by atoms with Crippen molar-refractivity contribution in [1.82, 2.24) is 0 Å². The van der Waals surface area contributed by atoms with Crippen LogP contribution in [-0.4, -0.2) is 45.2 Å². The highest BCUT2D eigenvalue weighted by Crippen LogP contribution is 2.12. The molecular weight excluding hydrogens is 208 g/mol. The smallest absolute Gasteiger partial charge is 0.117 e. The van der Waals surface area contributed by atoms with Crippen LogP contribution in [0.5, 0.6) is 0 Å². The van der Waals surface area contributed by atoms with Crippen LogP contribution in [0.3, 0.4) is 0 Å². The first kappa shape index (κ1) is 11.6. The van der Waals surface area contributed by atoms with Gasteiger partial charge < -0.3 is 18.9 Å². The second-order valence-electron chi connectivity index (χ2n) is 3.87. The highest BCUT2D eigenvalue weighted by Gasteiger charge is 2.23. The quantitative estimate of drug-likeness (QED) is 0.271. The molecule has 0 radical (unpaired) electrons. The van der Waals surface area contributed by atoms with Crippen LogP contribution >= 0.6 is 0 Å². The highest BCUT2D eigenvalue weighted by molar-refractivity contribution is 5.11. The second kappa shape index (κ2) is 6.03. The van der Waals surface area contributed by atoms with Crippen LogP contribution in [0.25, 0.3) is 0 Å². The molecule has 2 heterocycles. The third-order valence-corrected chi connectivity index (χ3v) is 2.28. The first-order valence-corrected chi connectivity index (χ1v) is 5.65. The molecule has 2 aliphatic rings. The average molecular weight is 226 g/mol. The van der Waals surface area contributed by atoms with Crippen LogP contribution in [-0.2, 0) is 18.9 Å². The highest BCUT2D eigenvalue weighted by atomic mass is 16.6. The molecular formula is C12H18O4. The summed E-state index contributed by atoms with van der Waals surface area (Å²) in [5, 5.41) is 0. The molecule has 2 rings (SSSR count). The summed E-state index contributed by atoms with van der Waals surface area (Å²) >= 11 is 0. The molecule has 4 nitrogen and oxygen atoms in total. The summed E-state index contributed by atoms with van der Waals surface area (Å²) in [5.41, 5.74) is 0. The molecule has 0 aromatic heterocycles. The number of epoxide rings is 2. The molecule has 0 spiro atoms. The van der Waals surface area contributed by atoms with Gasteiger partial charge in [-0.3, -0.25) is 0 Å². The van der Waals surface area contributed by atoms with Crippen molar-refractivity contribution in [3.05, 3.63) is 24.0 Å². The van der Waals surface area contributed by atoms with Gasteiger partial charge in [-0.05, 0) is 19.1 Å². The molecule has 2 atom stereocenters. The summed E-state index contributed by atoms with van der Waals surface area (Å²) in [6, 6.07) is 0. The molecule has 90 valence electrons. The van der Waals surface area contributed by atoms with E-state index in [0.29, 0.717) is 25.9 Å². The maximum atomic E-state index is 5.57. The van der Waals surface area contributed by atoms with E-state index in [2.05, 4.69) is 0 Å². The molecule has 0 bridgehead atoms. The van der Waals surface area contributed by atoms with Crippen molar-refractivity contribution >= 4 is 0 Å². The van der Waals surface area contributed by atoms with Gasteiger partial charge >= 0.3 is 0 Å². The predicted molar refractivity (Wildman–Crippen MR) is 59.1 cm³/mol. The molecule has 0 saturated carbocycles. The zero-order valence-corrected chi connectivity index (χ0v) is 9.56. The van der Waals surface area contributed by atoms with Crippen LogP contribution in [0.2, 0.25) is 0 Å². The molecule has 2 fully saturated rings. The topological polar surface area (TPSA) is 43.5 Å². The molecule has 0 N–H and O–H groups in total. The fourth-order valence-corrected chi connectivity index (χ4v) is 1.20. The first-order valence-electron chi connectivity index (χ1n) is 5.65. The largest absolute Gasteiger partial charge is 0.491 e. The molecule has 2 aliphatic heterocycles. The minimum Gasteiger partial charge on any atom is -0.491 e. The average Bonchev–Trinajstić information content (AvgIpc) is 3.15. The van der Waals surface area contributed by atoms with Crippen molar-refractivity contribution < 1.29 is 18.9 Å². The molecule has 4 heteroatoms. The van der Waals surface area contributed by atoms with Crippen molar-refractivity contribution in [2.24, 2.45) is 0 Å². The zero-order chi connectivity index (χ0) is 11.2. The van der Waals surface area contributed by atoms with E-state index < -0.39 is 0 Å². The Bertz CT molecular complexity index is 264. The van der Waals surface area contributed by atoms with E-state index in [1.54, 1.807) is 0 Å².